The molecule has 0 atom stereocenters. The quantitative estimate of drug-likeness (QED) is 0.110. The van der Waals surface area contributed by atoms with Crippen LogP contribution in [0.1, 0.15) is 17.3 Å². The lowest BCUT2D eigenvalue weighted by atomic mass is 10.1. The number of esters is 1. The highest BCUT2D eigenvalue weighted by atomic mass is 79.9. The van der Waals surface area contributed by atoms with Gasteiger partial charge in [-0.3, -0.25) is 4.79 Å². The predicted octanol–water partition coefficient (Wildman–Crippen LogP) is 7.76. The van der Waals surface area contributed by atoms with Gasteiger partial charge in [0.2, 0.25) is 5.91 Å². The van der Waals surface area contributed by atoms with Crippen molar-refractivity contribution in [3.8, 4) is 21.6 Å². The molecule has 5 rings (SSSR count). The van der Waals surface area contributed by atoms with Crippen molar-refractivity contribution in [2.24, 2.45) is 0 Å². The summed E-state index contributed by atoms with van der Waals surface area (Å²) in [4.78, 5) is 36.2. The van der Waals surface area contributed by atoms with E-state index in [0.717, 1.165) is 41.3 Å². The Morgan fingerprint density at radius 2 is 1.84 bits per heavy atom. The normalized spacial score (nSPS) is 11.0. The molecule has 0 unspecified atom stereocenters. The monoisotopic (exact) mass is 609 g/mol. The van der Waals surface area contributed by atoms with Gasteiger partial charge in [0.05, 0.1) is 23.3 Å². The first-order chi connectivity index (χ1) is 18.0. The van der Waals surface area contributed by atoms with Crippen LogP contribution in [0.15, 0.2) is 81.9 Å². The second-order valence-corrected chi connectivity index (χ2v) is 11.6. The average Bonchev–Trinajstić information content (AvgIpc) is 3.54. The molecule has 0 aliphatic rings. The number of ether oxygens (including phenoxy) is 1. The van der Waals surface area contributed by atoms with Crippen molar-refractivity contribution in [2.45, 2.75) is 11.9 Å². The highest BCUT2D eigenvalue weighted by Crippen LogP contribution is 2.39. The molecule has 0 radical (unpaired) electrons. The van der Waals surface area contributed by atoms with Crippen molar-refractivity contribution in [3.63, 3.8) is 0 Å². The van der Waals surface area contributed by atoms with Crippen LogP contribution >= 0.6 is 50.4 Å². The number of nitrogens with zero attached hydrogens (tertiary/aromatic N) is 2. The lowest BCUT2D eigenvalue weighted by Gasteiger charge is -2.07. The number of anilines is 1. The smallest absolute Gasteiger partial charge is 0.341 e. The fourth-order valence-electron chi connectivity index (χ4n) is 3.68. The van der Waals surface area contributed by atoms with Gasteiger partial charge in [0.1, 0.15) is 21.2 Å². The second kappa shape index (κ2) is 11.6. The lowest BCUT2D eigenvalue weighted by molar-refractivity contribution is -0.113. The molecule has 0 spiro atoms. The largest absolute Gasteiger partial charge is 0.462 e. The first-order valence-corrected chi connectivity index (χ1v) is 14.8. The molecule has 6 nitrogen and oxygen atoms in total. The first-order valence-electron chi connectivity index (χ1n) is 11.3. The summed E-state index contributed by atoms with van der Waals surface area (Å²) in [6.07, 6.45) is 1.52. The standard InChI is InChI=1S/C27H20BrN3O3S3/c1-2-34-27(33)19-12-21(17-6-4-3-5-7-17)37-24(19)31-22(32)14-36-26-23-20(13-35-25(23)29-15-30-26)16-8-10-18(28)11-9-16/h3-13,15H,2,14H2,1H3,(H,31,32). The van der Waals surface area contributed by atoms with Crippen molar-refractivity contribution in [3.05, 3.63) is 82.4 Å². The van der Waals surface area contributed by atoms with Crippen molar-refractivity contribution >= 4 is 77.5 Å². The Morgan fingerprint density at radius 3 is 2.59 bits per heavy atom. The average molecular weight is 611 g/mol. The van der Waals surface area contributed by atoms with Crippen LogP contribution in [-0.4, -0.2) is 34.2 Å². The van der Waals surface area contributed by atoms with Crippen LogP contribution in [0.5, 0.6) is 0 Å². The number of carbonyl (C=O) groups excluding carboxylic acids is 2. The van der Waals surface area contributed by atoms with E-state index in [-0.39, 0.29) is 18.3 Å². The van der Waals surface area contributed by atoms with Crippen molar-refractivity contribution in [2.75, 3.05) is 17.7 Å². The minimum Gasteiger partial charge on any atom is -0.462 e. The van der Waals surface area contributed by atoms with Gasteiger partial charge in [-0.2, -0.15) is 0 Å². The van der Waals surface area contributed by atoms with Crippen LogP contribution in [0, 0.1) is 0 Å². The number of aromatic nitrogens is 2. The van der Waals surface area contributed by atoms with Gasteiger partial charge in [-0.15, -0.1) is 22.7 Å². The molecule has 0 saturated heterocycles. The number of fused-ring (bicyclic) bond motifs is 1. The molecule has 5 aromatic rings. The molecular formula is C27H20BrN3O3S3. The molecule has 0 aliphatic heterocycles. The summed E-state index contributed by atoms with van der Waals surface area (Å²) in [5.41, 5.74) is 3.41. The number of amides is 1. The Balaban J connectivity index is 1.37. The minimum absolute atomic E-state index is 0.128. The van der Waals surface area contributed by atoms with Crippen LogP contribution in [0.2, 0.25) is 0 Å². The molecule has 1 N–H and O–H groups in total. The van der Waals surface area contributed by atoms with Gasteiger partial charge >= 0.3 is 5.97 Å². The summed E-state index contributed by atoms with van der Waals surface area (Å²) in [5.74, 6) is -0.564. The maximum Gasteiger partial charge on any atom is 0.341 e. The van der Waals surface area contributed by atoms with Crippen LogP contribution in [0.3, 0.4) is 0 Å². The highest BCUT2D eigenvalue weighted by Gasteiger charge is 2.21. The third-order valence-corrected chi connectivity index (χ3v) is 8.87. The molecule has 3 aromatic heterocycles. The summed E-state index contributed by atoms with van der Waals surface area (Å²) in [6, 6.07) is 19.6. The van der Waals surface area contributed by atoms with E-state index in [1.165, 1.54) is 29.4 Å². The van der Waals surface area contributed by atoms with Gasteiger partial charge in [0.25, 0.3) is 0 Å². The van der Waals surface area contributed by atoms with E-state index in [1.54, 1.807) is 24.3 Å². The maximum absolute atomic E-state index is 13.0. The third-order valence-electron chi connectivity index (χ3n) is 5.37. The summed E-state index contributed by atoms with van der Waals surface area (Å²) in [5, 5.41) is 7.12. The van der Waals surface area contributed by atoms with Crippen molar-refractivity contribution in [1.29, 1.82) is 0 Å². The molecule has 3 heterocycles. The van der Waals surface area contributed by atoms with E-state index in [9.17, 15) is 9.59 Å². The van der Waals surface area contributed by atoms with Crippen molar-refractivity contribution in [1.82, 2.24) is 9.97 Å². The number of halogens is 1. The van der Waals surface area contributed by atoms with Crippen LogP contribution < -0.4 is 5.32 Å². The number of hydrogen-bond acceptors (Lipinski definition) is 8. The molecular weight excluding hydrogens is 590 g/mol. The maximum atomic E-state index is 13.0. The molecule has 0 bridgehead atoms. The molecule has 0 aliphatic carbocycles. The Labute approximate surface area is 234 Å². The van der Waals surface area contributed by atoms with Gasteiger partial charge < -0.3 is 10.1 Å². The molecule has 1 amide bonds. The van der Waals surface area contributed by atoms with E-state index >= 15 is 0 Å². The van der Waals surface area contributed by atoms with E-state index in [0.29, 0.717) is 10.6 Å². The van der Waals surface area contributed by atoms with Gasteiger partial charge in [-0.25, -0.2) is 14.8 Å². The third kappa shape index (κ3) is 5.77. The first kappa shape index (κ1) is 25.6. The zero-order chi connectivity index (χ0) is 25.8. The van der Waals surface area contributed by atoms with Gasteiger partial charge in [-0.1, -0.05) is 70.2 Å². The zero-order valence-corrected chi connectivity index (χ0v) is 23.6. The molecule has 0 saturated carbocycles. The van der Waals surface area contributed by atoms with Gasteiger partial charge in [0.15, 0.2) is 0 Å². The summed E-state index contributed by atoms with van der Waals surface area (Å²) < 4.78 is 6.23. The van der Waals surface area contributed by atoms with Crippen LogP contribution in [0.4, 0.5) is 5.00 Å². The molecule has 37 heavy (non-hydrogen) atoms. The SMILES string of the molecule is CCOC(=O)c1cc(-c2ccccc2)sc1NC(=O)CSc1ncnc2scc(-c3ccc(Br)cc3)c12. The fourth-order valence-corrected chi connectivity index (χ4v) is 6.81. The van der Waals surface area contributed by atoms with E-state index < -0.39 is 5.97 Å². The summed E-state index contributed by atoms with van der Waals surface area (Å²) >= 11 is 7.72. The van der Waals surface area contributed by atoms with Crippen LogP contribution in [-0.2, 0) is 9.53 Å². The molecule has 2 aromatic carbocycles. The number of nitrogens with one attached hydrogen (secondary N) is 1. The lowest BCUT2D eigenvalue weighted by Crippen LogP contribution is -2.16. The number of thioether (sulfide) groups is 1. The Kier molecular flexibility index (Phi) is 7.99. The van der Waals surface area contributed by atoms with E-state index in [4.69, 9.17) is 4.74 Å². The van der Waals surface area contributed by atoms with Gasteiger partial charge in [0, 0.05) is 20.3 Å². The fraction of sp³-hybridized carbons (Fsp3) is 0.111. The van der Waals surface area contributed by atoms with Crippen molar-refractivity contribution < 1.29 is 14.3 Å². The van der Waals surface area contributed by atoms with E-state index in [1.807, 2.05) is 54.6 Å². The molecule has 0 fully saturated rings. The number of thiophene rings is 2. The second-order valence-electron chi connectivity index (χ2n) is 7.79. The minimum atomic E-state index is -0.459. The Bertz CT molecular complexity index is 1570. The number of benzene rings is 2. The molecule has 186 valence electrons. The number of carbonyl (C=O) groups is 2. The Hall–Kier alpha value is -3.05. The summed E-state index contributed by atoms with van der Waals surface area (Å²) in [7, 11) is 0. The topological polar surface area (TPSA) is 81.2 Å². The number of hydrogen-bond donors (Lipinski definition) is 1. The highest BCUT2D eigenvalue weighted by molar-refractivity contribution is 9.10. The molecule has 10 heteroatoms. The number of rotatable bonds is 8. The van der Waals surface area contributed by atoms with Gasteiger partial charge in [-0.05, 0) is 36.2 Å². The summed E-state index contributed by atoms with van der Waals surface area (Å²) in [6.45, 7) is 2.01. The Morgan fingerprint density at radius 1 is 1.05 bits per heavy atom. The van der Waals surface area contributed by atoms with E-state index in [2.05, 4.69) is 36.6 Å². The zero-order valence-electron chi connectivity index (χ0n) is 19.6. The predicted molar refractivity (Wildman–Crippen MR) is 156 cm³/mol. The van der Waals surface area contributed by atoms with Crippen LogP contribution in [0.25, 0.3) is 31.8 Å².